The Morgan fingerprint density at radius 1 is 1.11 bits per heavy atom. The highest BCUT2D eigenvalue weighted by molar-refractivity contribution is 7.98. The molecule has 1 saturated carbocycles. The van der Waals surface area contributed by atoms with E-state index in [2.05, 4.69) is 4.74 Å². The molecule has 3 aromatic rings. The number of Topliss-reactive ketones (excluding diaryl/α,β-unsaturated/α-hetero) is 1. The molecule has 1 aliphatic carbocycles. The van der Waals surface area contributed by atoms with E-state index >= 15 is 4.39 Å². The number of hydrogen-bond donors (Lipinski definition) is 0. The van der Waals surface area contributed by atoms with E-state index in [-0.39, 0.29) is 28.5 Å². The fraction of sp³-hybridized carbons (Fsp3) is 0.296. The summed E-state index contributed by atoms with van der Waals surface area (Å²) in [6.07, 6.45) is 1.70. The van der Waals surface area contributed by atoms with Crippen LogP contribution in [0.2, 0.25) is 0 Å². The van der Waals surface area contributed by atoms with Crippen LogP contribution in [0.15, 0.2) is 58.4 Å². The number of benzene rings is 2. The highest BCUT2D eigenvalue weighted by atomic mass is 32.2. The predicted octanol–water partition coefficient (Wildman–Crippen LogP) is 4.56. The summed E-state index contributed by atoms with van der Waals surface area (Å²) in [5, 5.41) is 1.91. The number of ketones is 1. The molecule has 0 amide bonds. The Balaban J connectivity index is 1.54. The average Bonchev–Trinajstić information content (AvgIpc) is 3.72. The lowest BCUT2D eigenvalue weighted by Gasteiger charge is -2.43. The molecule has 0 radical (unpaired) electrons. The van der Waals surface area contributed by atoms with Gasteiger partial charge in [0, 0.05) is 35.0 Å². The molecule has 1 atom stereocenters. The lowest BCUT2D eigenvalue weighted by Crippen LogP contribution is -2.52. The van der Waals surface area contributed by atoms with Gasteiger partial charge in [-0.1, -0.05) is 24.3 Å². The van der Waals surface area contributed by atoms with E-state index < -0.39 is 41.5 Å². The van der Waals surface area contributed by atoms with Crippen molar-refractivity contribution in [3.05, 3.63) is 92.9 Å². The van der Waals surface area contributed by atoms with Gasteiger partial charge < -0.3 is 14.2 Å². The Kier molecular flexibility index (Phi) is 5.90. The Labute approximate surface area is 220 Å². The summed E-state index contributed by atoms with van der Waals surface area (Å²) in [4.78, 5) is 38.8. The van der Waals surface area contributed by atoms with Gasteiger partial charge in [-0.15, -0.1) is 11.8 Å². The van der Waals surface area contributed by atoms with Gasteiger partial charge in [-0.25, -0.2) is 13.6 Å². The summed E-state index contributed by atoms with van der Waals surface area (Å²) < 4.78 is 45.7. The third-order valence-corrected chi connectivity index (χ3v) is 8.40. The van der Waals surface area contributed by atoms with Gasteiger partial charge >= 0.3 is 6.16 Å². The maximum Gasteiger partial charge on any atom is 0.510 e. The number of ether oxygens (including phenoxy) is 3. The molecular weight excluding hydrogens is 518 g/mol. The molecule has 2 aromatic carbocycles. The van der Waals surface area contributed by atoms with Crippen LogP contribution in [0.3, 0.4) is 0 Å². The van der Waals surface area contributed by atoms with Crippen LogP contribution in [0.4, 0.5) is 13.6 Å². The largest absolute Gasteiger partial charge is 0.510 e. The van der Waals surface area contributed by atoms with Crippen LogP contribution >= 0.6 is 11.8 Å². The summed E-state index contributed by atoms with van der Waals surface area (Å²) in [6.45, 7) is -0.322. The molecule has 196 valence electrons. The highest BCUT2D eigenvalue weighted by Crippen LogP contribution is 2.54. The van der Waals surface area contributed by atoms with Crippen molar-refractivity contribution in [1.82, 2.24) is 4.68 Å². The SMILES string of the molecule is COC(=O)OCOc1c2n(ccc1=O)N([C@@H]1c3ccccc3SCc3c1ccc(F)c3F)CC1(CC1)C2=O. The lowest BCUT2D eigenvalue weighted by atomic mass is 9.89. The average molecular weight is 541 g/mol. The molecule has 3 heterocycles. The number of hydrogen-bond acceptors (Lipinski definition) is 8. The normalized spacial score (nSPS) is 18.7. The third kappa shape index (κ3) is 3.84. The molecule has 0 bridgehead atoms. The van der Waals surface area contributed by atoms with Crippen molar-refractivity contribution in [2.75, 3.05) is 25.5 Å². The fourth-order valence-electron chi connectivity index (χ4n) is 5.21. The number of aromatic nitrogens is 1. The van der Waals surface area contributed by atoms with Gasteiger partial charge in [0.2, 0.25) is 12.2 Å². The molecule has 38 heavy (non-hydrogen) atoms. The number of pyridine rings is 1. The zero-order chi connectivity index (χ0) is 26.6. The monoisotopic (exact) mass is 540 g/mol. The van der Waals surface area contributed by atoms with E-state index in [4.69, 9.17) is 9.47 Å². The number of fused-ring (bicyclic) bond motifs is 3. The number of methoxy groups -OCH3 is 1. The van der Waals surface area contributed by atoms with Gasteiger partial charge in [0.1, 0.15) is 0 Å². The third-order valence-electron chi connectivity index (χ3n) is 7.28. The first-order chi connectivity index (χ1) is 18.3. The number of carbonyl (C=O) groups is 2. The van der Waals surface area contributed by atoms with Gasteiger partial charge in [0.15, 0.2) is 28.9 Å². The molecule has 11 heteroatoms. The van der Waals surface area contributed by atoms with Crippen LogP contribution < -0.4 is 15.2 Å². The summed E-state index contributed by atoms with van der Waals surface area (Å²) in [5.41, 5.74) is 0.418. The Morgan fingerprint density at radius 2 is 1.89 bits per heavy atom. The second kappa shape index (κ2) is 9.16. The summed E-state index contributed by atoms with van der Waals surface area (Å²) >= 11 is 1.42. The maximum absolute atomic E-state index is 15.1. The first kappa shape index (κ1) is 24.5. The molecule has 2 aliphatic heterocycles. The molecule has 1 spiro atoms. The van der Waals surface area contributed by atoms with E-state index in [9.17, 15) is 18.8 Å². The zero-order valence-electron chi connectivity index (χ0n) is 20.2. The standard InChI is InChI=1S/C27H22F2N2O6S/c1-35-26(34)37-14-36-24-19(32)8-11-30-23(24)25(33)27(9-10-27)13-31(30)22-15-6-7-18(28)21(29)17(15)12-38-20-5-3-2-4-16(20)22/h2-8,11,22H,9-10,12-14H2,1H3/t22-/m0/s1. The van der Waals surface area contributed by atoms with Gasteiger partial charge in [-0.3, -0.25) is 19.3 Å². The van der Waals surface area contributed by atoms with Gasteiger partial charge in [0.25, 0.3) is 0 Å². The van der Waals surface area contributed by atoms with Crippen LogP contribution in [-0.2, 0) is 15.2 Å². The summed E-state index contributed by atoms with van der Waals surface area (Å²) in [7, 11) is 1.13. The van der Waals surface area contributed by atoms with Gasteiger partial charge in [0.05, 0.1) is 18.6 Å². The minimum atomic E-state index is -1.00. The van der Waals surface area contributed by atoms with Crippen LogP contribution in [0.25, 0.3) is 0 Å². The molecule has 0 N–H and O–H groups in total. The quantitative estimate of drug-likeness (QED) is 0.352. The number of carbonyl (C=O) groups excluding carboxylic acids is 2. The first-order valence-electron chi connectivity index (χ1n) is 11.9. The second-order valence-corrected chi connectivity index (χ2v) is 10.4. The number of halogens is 2. The van der Waals surface area contributed by atoms with Gasteiger partial charge in [-0.2, -0.15) is 0 Å². The minimum absolute atomic E-state index is 0.0215. The topological polar surface area (TPSA) is 87.1 Å². The molecule has 0 saturated heterocycles. The lowest BCUT2D eigenvalue weighted by molar-refractivity contribution is 0.0137. The number of nitrogens with zero attached hydrogens (tertiary/aromatic N) is 2. The Hall–Kier alpha value is -3.86. The maximum atomic E-state index is 15.1. The molecule has 1 aromatic heterocycles. The molecule has 1 fully saturated rings. The van der Waals surface area contributed by atoms with Crippen LogP contribution in [0.5, 0.6) is 5.75 Å². The van der Waals surface area contributed by atoms with Crippen molar-refractivity contribution in [3.63, 3.8) is 0 Å². The molecule has 0 unspecified atom stereocenters. The molecule has 6 rings (SSSR count). The molecule has 3 aliphatic rings. The molecule has 8 nitrogen and oxygen atoms in total. The zero-order valence-corrected chi connectivity index (χ0v) is 21.1. The first-order valence-corrected chi connectivity index (χ1v) is 12.9. The van der Waals surface area contributed by atoms with E-state index in [1.54, 1.807) is 10.7 Å². The van der Waals surface area contributed by atoms with Crippen molar-refractivity contribution in [1.29, 1.82) is 0 Å². The number of thioether (sulfide) groups is 1. The minimum Gasteiger partial charge on any atom is -0.451 e. The summed E-state index contributed by atoms with van der Waals surface area (Å²) in [6, 6.07) is 11.0. The van der Waals surface area contributed by atoms with E-state index in [1.165, 1.54) is 24.0 Å². The smallest absolute Gasteiger partial charge is 0.451 e. The molecular formula is C27H22F2N2O6S. The van der Waals surface area contributed by atoms with Crippen molar-refractivity contribution in [3.8, 4) is 5.75 Å². The van der Waals surface area contributed by atoms with E-state index in [0.717, 1.165) is 23.6 Å². The van der Waals surface area contributed by atoms with Gasteiger partial charge in [-0.05, 0) is 36.1 Å². The fourth-order valence-corrected chi connectivity index (χ4v) is 6.33. The second-order valence-electron chi connectivity index (χ2n) is 9.43. The van der Waals surface area contributed by atoms with Crippen LogP contribution in [0.1, 0.15) is 46.1 Å². The van der Waals surface area contributed by atoms with Crippen LogP contribution in [-0.4, -0.2) is 37.1 Å². The van der Waals surface area contributed by atoms with Crippen LogP contribution in [0, 0.1) is 17.0 Å². The van der Waals surface area contributed by atoms with Crippen molar-refractivity contribution >= 4 is 23.7 Å². The Bertz CT molecular complexity index is 1540. The van der Waals surface area contributed by atoms with E-state index in [1.807, 2.05) is 29.3 Å². The Morgan fingerprint density at radius 3 is 2.66 bits per heavy atom. The highest BCUT2D eigenvalue weighted by Gasteiger charge is 2.57. The van der Waals surface area contributed by atoms with E-state index in [0.29, 0.717) is 24.9 Å². The van der Waals surface area contributed by atoms with Crippen molar-refractivity contribution in [2.45, 2.75) is 29.5 Å². The predicted molar refractivity (Wildman–Crippen MR) is 133 cm³/mol. The van der Waals surface area contributed by atoms with Crippen molar-refractivity contribution in [2.24, 2.45) is 5.41 Å². The summed E-state index contributed by atoms with van der Waals surface area (Å²) in [5.74, 6) is -2.08. The number of rotatable bonds is 4. The van der Waals surface area contributed by atoms with Crippen molar-refractivity contribution < 1.29 is 32.6 Å².